The summed E-state index contributed by atoms with van der Waals surface area (Å²) in [7, 11) is 1.71. The fraction of sp³-hybridized carbons (Fsp3) is 0.444. The summed E-state index contributed by atoms with van der Waals surface area (Å²) in [5.74, 6) is -0.314. The molecule has 4 N–H and O–H groups in total. The van der Waals surface area contributed by atoms with Crippen LogP contribution in [0.3, 0.4) is 0 Å². The van der Waals surface area contributed by atoms with Crippen molar-refractivity contribution in [3.63, 3.8) is 0 Å². The number of hydrogen-bond donors (Lipinski definition) is 4. The van der Waals surface area contributed by atoms with Crippen molar-refractivity contribution in [3.8, 4) is 0 Å². The van der Waals surface area contributed by atoms with Gasteiger partial charge in [-0.1, -0.05) is 24.3 Å². The predicted molar refractivity (Wildman–Crippen MR) is 92.6 cm³/mol. The number of amides is 1. The zero-order valence-electron chi connectivity index (χ0n) is 14.1. The van der Waals surface area contributed by atoms with E-state index < -0.39 is 5.69 Å². The molecule has 1 aromatic heterocycles. The summed E-state index contributed by atoms with van der Waals surface area (Å²) in [6.45, 7) is 1.86. The first-order valence-corrected chi connectivity index (χ1v) is 8.57. The van der Waals surface area contributed by atoms with Gasteiger partial charge < -0.3 is 25.3 Å². The fourth-order valence-electron chi connectivity index (χ4n) is 4.47. The van der Waals surface area contributed by atoms with Crippen LogP contribution in [0.5, 0.6) is 0 Å². The Labute approximate surface area is 145 Å². The summed E-state index contributed by atoms with van der Waals surface area (Å²) in [6, 6.07) is 8.00. The number of benzene rings is 1. The smallest absolute Gasteiger partial charge is 0.323 e. The molecule has 2 aromatic rings. The average molecular weight is 342 g/mol. The van der Waals surface area contributed by atoms with E-state index in [-0.39, 0.29) is 29.2 Å². The monoisotopic (exact) mass is 342 g/mol. The second-order valence-electron chi connectivity index (χ2n) is 6.76. The number of hydrogen-bond acceptors (Lipinski definition) is 4. The summed E-state index contributed by atoms with van der Waals surface area (Å²) < 4.78 is 5.92. The normalized spacial score (nSPS) is 24.2. The Kier molecular flexibility index (Phi) is 3.97. The lowest BCUT2D eigenvalue weighted by molar-refractivity contribution is 0.00392. The van der Waals surface area contributed by atoms with E-state index in [9.17, 15) is 9.59 Å². The van der Waals surface area contributed by atoms with E-state index >= 15 is 0 Å². The van der Waals surface area contributed by atoms with Crippen LogP contribution in [0.1, 0.15) is 40.5 Å². The number of nitrogens with one attached hydrogen (secondary N) is 4. The van der Waals surface area contributed by atoms with E-state index in [4.69, 9.17) is 4.74 Å². The number of ether oxygens (including phenoxy) is 1. The van der Waals surface area contributed by atoms with Gasteiger partial charge >= 0.3 is 5.69 Å². The van der Waals surface area contributed by atoms with Crippen molar-refractivity contribution < 1.29 is 9.53 Å². The zero-order chi connectivity index (χ0) is 17.4. The van der Waals surface area contributed by atoms with E-state index in [0.717, 1.165) is 31.5 Å². The van der Waals surface area contributed by atoms with Crippen molar-refractivity contribution >= 4 is 5.91 Å². The van der Waals surface area contributed by atoms with Crippen molar-refractivity contribution in [2.24, 2.45) is 0 Å². The van der Waals surface area contributed by atoms with E-state index in [1.807, 2.05) is 12.1 Å². The number of methoxy groups -OCH3 is 1. The Bertz CT molecular complexity index is 835. The first kappa shape index (κ1) is 16.1. The molecule has 1 aromatic carbocycles. The molecule has 2 atom stereocenters. The van der Waals surface area contributed by atoms with Gasteiger partial charge in [-0.3, -0.25) is 4.79 Å². The van der Waals surface area contributed by atoms with Gasteiger partial charge in [0, 0.05) is 18.7 Å². The van der Waals surface area contributed by atoms with Gasteiger partial charge in [-0.05, 0) is 37.1 Å². The van der Waals surface area contributed by atoms with Crippen LogP contribution in [-0.4, -0.2) is 42.2 Å². The first-order chi connectivity index (χ1) is 12.2. The molecule has 0 saturated carbocycles. The van der Waals surface area contributed by atoms with Crippen LogP contribution in [0.4, 0.5) is 0 Å². The Morgan fingerprint density at radius 1 is 1.28 bits per heavy atom. The minimum atomic E-state index is -0.393. The van der Waals surface area contributed by atoms with E-state index in [0.29, 0.717) is 0 Å². The highest BCUT2D eigenvalue weighted by atomic mass is 16.5. The number of rotatable bonds is 3. The summed E-state index contributed by atoms with van der Waals surface area (Å²) >= 11 is 0. The molecule has 1 aliphatic heterocycles. The number of fused-ring (bicyclic) bond motifs is 2. The first-order valence-electron chi connectivity index (χ1n) is 8.57. The van der Waals surface area contributed by atoms with Crippen LogP contribution >= 0.6 is 0 Å². The summed E-state index contributed by atoms with van der Waals surface area (Å²) in [6.07, 6.45) is 3.19. The van der Waals surface area contributed by atoms with Crippen LogP contribution in [0, 0.1) is 0 Å². The van der Waals surface area contributed by atoms with Crippen LogP contribution in [-0.2, 0) is 10.2 Å². The van der Waals surface area contributed by atoms with Crippen molar-refractivity contribution in [3.05, 3.63) is 57.8 Å². The number of H-pyrrole nitrogens is 2. The maximum Gasteiger partial charge on any atom is 0.323 e. The minimum absolute atomic E-state index is 0.0971. The molecule has 0 bridgehead atoms. The fourth-order valence-corrected chi connectivity index (χ4v) is 4.47. The van der Waals surface area contributed by atoms with Gasteiger partial charge in [0.2, 0.25) is 0 Å². The molecule has 1 aliphatic carbocycles. The zero-order valence-corrected chi connectivity index (χ0v) is 14.1. The lowest BCUT2D eigenvalue weighted by atomic mass is 9.72. The molecule has 7 nitrogen and oxygen atoms in total. The molecule has 2 heterocycles. The van der Waals surface area contributed by atoms with Gasteiger partial charge in [0.25, 0.3) is 5.91 Å². The SMILES string of the molecule is CO[C@@H]1[C@@H](NC(=O)c2c[nH]c(=O)[nH]2)c2ccccc2C12CCNCC2. The van der Waals surface area contributed by atoms with Crippen molar-refractivity contribution in [1.82, 2.24) is 20.6 Å². The number of aromatic nitrogens is 2. The molecule has 4 rings (SSSR count). The summed E-state index contributed by atoms with van der Waals surface area (Å²) in [5.41, 5.74) is 2.09. The molecule has 1 amide bonds. The highest BCUT2D eigenvalue weighted by Crippen LogP contribution is 2.51. The third-order valence-corrected chi connectivity index (χ3v) is 5.56. The van der Waals surface area contributed by atoms with E-state index in [2.05, 4.69) is 32.7 Å². The molecule has 1 fully saturated rings. The maximum atomic E-state index is 12.6. The molecular weight excluding hydrogens is 320 g/mol. The van der Waals surface area contributed by atoms with Crippen molar-refractivity contribution in [1.29, 1.82) is 0 Å². The molecule has 1 spiro atoms. The minimum Gasteiger partial charge on any atom is -0.378 e. The predicted octanol–water partition coefficient (Wildman–Crippen LogP) is 0.824. The second-order valence-corrected chi connectivity index (χ2v) is 6.76. The molecular formula is C18H22N4O3. The number of carbonyl (C=O) groups excluding carboxylic acids is 1. The topological polar surface area (TPSA) is 99.0 Å². The molecule has 132 valence electrons. The Balaban J connectivity index is 1.71. The molecule has 0 unspecified atom stereocenters. The summed E-state index contributed by atoms with van der Waals surface area (Å²) in [4.78, 5) is 28.8. The second kappa shape index (κ2) is 6.16. The van der Waals surface area contributed by atoms with Gasteiger partial charge in [0.05, 0.1) is 12.1 Å². The Morgan fingerprint density at radius 2 is 2.04 bits per heavy atom. The highest BCUT2D eigenvalue weighted by molar-refractivity contribution is 5.92. The largest absolute Gasteiger partial charge is 0.378 e. The van der Waals surface area contributed by atoms with Gasteiger partial charge in [-0.2, -0.15) is 0 Å². The molecule has 0 radical (unpaired) electrons. The van der Waals surface area contributed by atoms with Gasteiger partial charge in [0.15, 0.2) is 0 Å². The van der Waals surface area contributed by atoms with Crippen molar-refractivity contribution in [2.45, 2.75) is 30.4 Å². The third kappa shape index (κ3) is 2.51. The number of piperidine rings is 1. The lowest BCUT2D eigenvalue weighted by Crippen LogP contribution is -2.49. The molecule has 1 saturated heterocycles. The van der Waals surface area contributed by atoms with Crippen LogP contribution in [0.25, 0.3) is 0 Å². The maximum absolute atomic E-state index is 12.6. The standard InChI is InChI=1S/C18H22N4O3/c1-25-15-14(22-16(23)13-10-20-17(24)21-13)11-4-2-3-5-12(11)18(15)6-8-19-9-7-18/h2-5,10,14-15,19H,6-9H2,1H3,(H,22,23)(H2,20,21,24)/t14-,15+/m0/s1. The summed E-state index contributed by atoms with van der Waals surface area (Å²) in [5, 5.41) is 6.47. The van der Waals surface area contributed by atoms with Crippen LogP contribution < -0.4 is 16.3 Å². The van der Waals surface area contributed by atoms with Crippen molar-refractivity contribution in [2.75, 3.05) is 20.2 Å². The lowest BCUT2D eigenvalue weighted by Gasteiger charge is -2.40. The molecule has 25 heavy (non-hydrogen) atoms. The average Bonchev–Trinajstić information content (AvgIpc) is 3.17. The van der Waals surface area contributed by atoms with E-state index in [1.165, 1.54) is 11.8 Å². The molecule has 7 heteroatoms. The van der Waals surface area contributed by atoms with Gasteiger partial charge in [-0.25, -0.2) is 4.79 Å². The molecule has 2 aliphatic rings. The number of carbonyl (C=O) groups is 1. The van der Waals surface area contributed by atoms with Gasteiger partial charge in [0.1, 0.15) is 5.69 Å². The van der Waals surface area contributed by atoms with Crippen LogP contribution in [0.15, 0.2) is 35.3 Å². The third-order valence-electron chi connectivity index (χ3n) is 5.56. The van der Waals surface area contributed by atoms with Crippen LogP contribution in [0.2, 0.25) is 0 Å². The number of aromatic amines is 2. The Morgan fingerprint density at radius 3 is 2.72 bits per heavy atom. The quantitative estimate of drug-likeness (QED) is 0.664. The Hall–Kier alpha value is -2.38. The highest BCUT2D eigenvalue weighted by Gasteiger charge is 2.53. The number of imidazole rings is 1. The van der Waals surface area contributed by atoms with Gasteiger partial charge in [-0.15, -0.1) is 0 Å². The van der Waals surface area contributed by atoms with E-state index in [1.54, 1.807) is 7.11 Å².